The van der Waals surface area contributed by atoms with Crippen molar-refractivity contribution in [3.05, 3.63) is 42.5 Å². The van der Waals surface area contributed by atoms with E-state index in [4.69, 9.17) is 0 Å². The number of hydrogen-bond acceptors (Lipinski definition) is 4. The van der Waals surface area contributed by atoms with E-state index in [9.17, 15) is 9.59 Å². The van der Waals surface area contributed by atoms with Gasteiger partial charge >= 0.3 is 5.97 Å². The van der Waals surface area contributed by atoms with E-state index in [1.807, 2.05) is 0 Å². The predicted octanol–water partition coefficient (Wildman–Crippen LogP) is 1.19. The Balaban J connectivity index is 2.69. The minimum Gasteiger partial charge on any atom is -0.465 e. The van der Waals surface area contributed by atoms with Gasteiger partial charge < -0.3 is 15.4 Å². The summed E-state index contributed by atoms with van der Waals surface area (Å²) in [6.07, 6.45) is 1.66. The van der Waals surface area contributed by atoms with Crippen LogP contribution in [0, 0.1) is 0 Å². The largest absolute Gasteiger partial charge is 0.465 e. The molecule has 0 fully saturated rings. The lowest BCUT2D eigenvalue weighted by Crippen LogP contribution is -2.28. The van der Waals surface area contributed by atoms with Crippen LogP contribution in [0.2, 0.25) is 0 Å². The molecule has 0 radical (unpaired) electrons. The molecule has 0 atom stereocenters. The van der Waals surface area contributed by atoms with Crippen molar-refractivity contribution in [1.29, 1.82) is 0 Å². The molecule has 18 heavy (non-hydrogen) atoms. The fraction of sp³-hybridized carbons (Fsp3) is 0.231. The van der Waals surface area contributed by atoms with Crippen LogP contribution >= 0.6 is 0 Å². The summed E-state index contributed by atoms with van der Waals surface area (Å²) >= 11 is 0. The summed E-state index contributed by atoms with van der Waals surface area (Å²) in [5.74, 6) is -0.710. The van der Waals surface area contributed by atoms with Crippen molar-refractivity contribution in [3.63, 3.8) is 0 Å². The van der Waals surface area contributed by atoms with E-state index in [2.05, 4.69) is 21.9 Å². The normalized spacial score (nSPS) is 9.61. The number of anilines is 1. The second-order valence-corrected chi connectivity index (χ2v) is 3.50. The molecule has 0 aliphatic carbocycles. The lowest BCUT2D eigenvalue weighted by molar-refractivity contribution is -0.115. The highest BCUT2D eigenvalue weighted by Crippen LogP contribution is 2.15. The van der Waals surface area contributed by atoms with Crippen molar-refractivity contribution < 1.29 is 14.3 Å². The van der Waals surface area contributed by atoms with Gasteiger partial charge in [0, 0.05) is 6.54 Å². The molecular weight excluding hydrogens is 232 g/mol. The molecule has 0 heterocycles. The first-order chi connectivity index (χ1) is 8.69. The highest BCUT2D eigenvalue weighted by molar-refractivity contribution is 6.01. The Bertz CT molecular complexity index is 444. The molecule has 96 valence electrons. The molecule has 0 spiro atoms. The van der Waals surface area contributed by atoms with Gasteiger partial charge in [0.2, 0.25) is 5.91 Å². The average molecular weight is 248 g/mol. The van der Waals surface area contributed by atoms with Gasteiger partial charge in [-0.1, -0.05) is 18.2 Å². The van der Waals surface area contributed by atoms with Gasteiger partial charge in [-0.3, -0.25) is 4.79 Å². The van der Waals surface area contributed by atoms with Crippen LogP contribution in [0.1, 0.15) is 10.4 Å². The van der Waals surface area contributed by atoms with Crippen LogP contribution in [0.25, 0.3) is 0 Å². The standard InChI is InChI=1S/C13H16N2O3/c1-3-8-14-9-12(16)15-11-7-5-4-6-10(11)13(17)18-2/h3-7,14H,1,8-9H2,2H3,(H,15,16). The smallest absolute Gasteiger partial charge is 0.339 e. The van der Waals surface area contributed by atoms with Crippen molar-refractivity contribution in [3.8, 4) is 0 Å². The Kier molecular flexibility index (Phi) is 5.60. The maximum atomic E-state index is 11.6. The zero-order valence-electron chi connectivity index (χ0n) is 10.2. The molecule has 2 N–H and O–H groups in total. The maximum Gasteiger partial charge on any atom is 0.339 e. The summed E-state index contributed by atoms with van der Waals surface area (Å²) in [5, 5.41) is 5.52. The van der Waals surface area contributed by atoms with Crippen LogP contribution in [-0.4, -0.2) is 32.1 Å². The van der Waals surface area contributed by atoms with Gasteiger partial charge in [0.1, 0.15) is 0 Å². The molecule has 5 heteroatoms. The Morgan fingerprint density at radius 3 is 2.78 bits per heavy atom. The van der Waals surface area contributed by atoms with E-state index >= 15 is 0 Å². The monoisotopic (exact) mass is 248 g/mol. The molecule has 1 aromatic carbocycles. The van der Waals surface area contributed by atoms with Gasteiger partial charge in [0.05, 0.1) is 24.9 Å². The van der Waals surface area contributed by atoms with Gasteiger partial charge in [0.15, 0.2) is 0 Å². The average Bonchev–Trinajstić information content (AvgIpc) is 2.39. The van der Waals surface area contributed by atoms with Crippen LogP contribution in [-0.2, 0) is 9.53 Å². The molecule has 0 saturated carbocycles. The molecule has 0 aromatic heterocycles. The van der Waals surface area contributed by atoms with Crippen LogP contribution in [0.5, 0.6) is 0 Å². The van der Waals surface area contributed by atoms with Crippen molar-refractivity contribution in [2.75, 3.05) is 25.5 Å². The third-order valence-electron chi connectivity index (χ3n) is 2.18. The number of rotatable bonds is 6. The summed E-state index contributed by atoms with van der Waals surface area (Å²) in [5.41, 5.74) is 0.770. The first-order valence-corrected chi connectivity index (χ1v) is 5.48. The third-order valence-corrected chi connectivity index (χ3v) is 2.18. The molecule has 5 nitrogen and oxygen atoms in total. The number of carbonyl (C=O) groups is 2. The first kappa shape index (κ1) is 13.9. The maximum absolute atomic E-state index is 11.6. The Morgan fingerprint density at radius 2 is 2.11 bits per heavy atom. The SMILES string of the molecule is C=CCNCC(=O)Nc1ccccc1C(=O)OC. The molecule has 0 bridgehead atoms. The zero-order chi connectivity index (χ0) is 13.4. The van der Waals surface area contributed by atoms with Gasteiger partial charge in [-0.25, -0.2) is 4.79 Å². The summed E-state index contributed by atoms with van der Waals surface area (Å²) in [6, 6.07) is 6.69. The van der Waals surface area contributed by atoms with Crippen LogP contribution in [0.4, 0.5) is 5.69 Å². The second kappa shape index (κ2) is 7.24. The van der Waals surface area contributed by atoms with Crippen molar-refractivity contribution in [2.24, 2.45) is 0 Å². The fourth-order valence-electron chi connectivity index (χ4n) is 1.36. The highest BCUT2D eigenvalue weighted by Gasteiger charge is 2.12. The number of amides is 1. The van der Waals surface area contributed by atoms with Gasteiger partial charge in [-0.15, -0.1) is 6.58 Å². The number of benzene rings is 1. The minimum absolute atomic E-state index is 0.154. The summed E-state index contributed by atoms with van der Waals surface area (Å²) in [4.78, 5) is 23.1. The lowest BCUT2D eigenvalue weighted by atomic mass is 10.2. The topological polar surface area (TPSA) is 67.4 Å². The van der Waals surface area contributed by atoms with E-state index in [1.54, 1.807) is 30.3 Å². The van der Waals surface area contributed by atoms with E-state index in [-0.39, 0.29) is 12.5 Å². The van der Waals surface area contributed by atoms with Gasteiger partial charge in [-0.2, -0.15) is 0 Å². The molecule has 1 amide bonds. The number of nitrogens with one attached hydrogen (secondary N) is 2. The van der Waals surface area contributed by atoms with E-state index in [0.29, 0.717) is 17.8 Å². The van der Waals surface area contributed by atoms with Crippen molar-refractivity contribution in [1.82, 2.24) is 5.32 Å². The minimum atomic E-state index is -0.482. The molecule has 0 unspecified atom stereocenters. The number of esters is 1. The molecule has 1 rings (SSSR count). The van der Waals surface area contributed by atoms with E-state index in [0.717, 1.165) is 0 Å². The number of carbonyl (C=O) groups excluding carboxylic acids is 2. The Hall–Kier alpha value is -2.14. The van der Waals surface area contributed by atoms with Crippen LogP contribution in [0.3, 0.4) is 0 Å². The summed E-state index contributed by atoms with van der Waals surface area (Å²) in [7, 11) is 1.30. The Labute approximate surface area is 106 Å². The van der Waals surface area contributed by atoms with Crippen molar-refractivity contribution in [2.45, 2.75) is 0 Å². The van der Waals surface area contributed by atoms with Crippen LogP contribution < -0.4 is 10.6 Å². The van der Waals surface area contributed by atoms with Gasteiger partial charge in [0.25, 0.3) is 0 Å². The number of hydrogen-bond donors (Lipinski definition) is 2. The fourth-order valence-corrected chi connectivity index (χ4v) is 1.36. The van der Waals surface area contributed by atoms with E-state index < -0.39 is 5.97 Å². The van der Waals surface area contributed by atoms with Crippen LogP contribution in [0.15, 0.2) is 36.9 Å². The molecular formula is C13H16N2O3. The summed E-state index contributed by atoms with van der Waals surface area (Å²) in [6.45, 7) is 4.24. The van der Waals surface area contributed by atoms with Gasteiger partial charge in [-0.05, 0) is 12.1 Å². The Morgan fingerprint density at radius 1 is 1.39 bits per heavy atom. The number of methoxy groups -OCH3 is 1. The molecule has 0 saturated heterocycles. The number of para-hydroxylation sites is 1. The second-order valence-electron chi connectivity index (χ2n) is 3.50. The predicted molar refractivity (Wildman–Crippen MR) is 69.5 cm³/mol. The lowest BCUT2D eigenvalue weighted by Gasteiger charge is -2.09. The van der Waals surface area contributed by atoms with Crippen molar-refractivity contribution >= 4 is 17.6 Å². The molecule has 0 aliphatic heterocycles. The van der Waals surface area contributed by atoms with E-state index in [1.165, 1.54) is 7.11 Å². The zero-order valence-corrected chi connectivity index (χ0v) is 10.2. The third kappa shape index (κ3) is 4.03. The highest BCUT2D eigenvalue weighted by atomic mass is 16.5. The first-order valence-electron chi connectivity index (χ1n) is 5.48. The summed E-state index contributed by atoms with van der Waals surface area (Å²) < 4.78 is 4.64. The molecule has 1 aromatic rings. The molecule has 0 aliphatic rings. The number of ether oxygens (including phenoxy) is 1. The quantitative estimate of drug-likeness (QED) is 0.451.